The molecule has 2 atom stereocenters. The molecule has 0 amide bonds. The molecule has 1 aromatic heterocycles. The number of Topliss-reactive ketones (excluding diaryl/α,β-unsaturated/α-hetero) is 1. The number of hydrogen-bond donors (Lipinski definition) is 1. The van der Waals surface area contributed by atoms with Crippen LogP contribution in [0, 0.1) is 19.8 Å². The monoisotopic (exact) mass is 292 g/mol. The molecule has 0 radical (unpaired) electrons. The third-order valence-corrected chi connectivity index (χ3v) is 4.05. The van der Waals surface area contributed by atoms with Gasteiger partial charge in [-0.3, -0.25) is 9.78 Å². The molecule has 0 bridgehead atoms. The first-order chi connectivity index (χ1) is 10.1. The Balaban J connectivity index is 2.13. The number of carbonyl (C=O) groups excluding carboxylic acids is 1. The molecule has 0 aromatic carbocycles. The minimum Gasteiger partial charge on any atom is -0.496 e. The van der Waals surface area contributed by atoms with Crippen LogP contribution >= 0.6 is 0 Å². The number of nitrogens with zero attached hydrogens (tertiary/aromatic N) is 1. The highest BCUT2D eigenvalue weighted by Crippen LogP contribution is 2.25. The van der Waals surface area contributed by atoms with Gasteiger partial charge in [-0.25, -0.2) is 0 Å². The van der Waals surface area contributed by atoms with Crippen LogP contribution in [0.5, 0.6) is 5.75 Å². The maximum atomic E-state index is 12.5. The predicted molar refractivity (Wildman–Crippen MR) is 80.7 cm³/mol. The number of aryl methyl sites for hydroxylation is 1. The number of aromatic nitrogens is 1. The number of carbonyl (C=O) groups is 1. The molecule has 1 aliphatic rings. The molecule has 1 N–H and O–H groups in total. The molecule has 1 aliphatic heterocycles. The second kappa shape index (κ2) is 7.00. The van der Waals surface area contributed by atoms with E-state index in [2.05, 4.69) is 10.3 Å². The number of hydrogen-bond acceptors (Lipinski definition) is 5. The van der Waals surface area contributed by atoms with Crippen molar-refractivity contribution in [1.29, 1.82) is 0 Å². The lowest BCUT2D eigenvalue weighted by molar-refractivity contribution is -0.122. The van der Waals surface area contributed by atoms with Gasteiger partial charge < -0.3 is 14.8 Å². The fraction of sp³-hybridized carbons (Fsp3) is 0.625. The van der Waals surface area contributed by atoms with Crippen LogP contribution in [0.15, 0.2) is 6.20 Å². The minimum atomic E-state index is -0.0848. The number of nitrogens with one attached hydrogen (secondary N) is 1. The van der Waals surface area contributed by atoms with Crippen LogP contribution in [0.25, 0.3) is 0 Å². The first-order valence-electron chi connectivity index (χ1n) is 7.41. The number of pyridine rings is 1. The van der Waals surface area contributed by atoms with Crippen molar-refractivity contribution in [3.63, 3.8) is 0 Å². The molecular weight excluding hydrogens is 268 g/mol. The summed E-state index contributed by atoms with van der Waals surface area (Å²) in [5.74, 6) is 0.914. The van der Waals surface area contributed by atoms with Gasteiger partial charge in [-0.2, -0.15) is 0 Å². The summed E-state index contributed by atoms with van der Waals surface area (Å²) in [6.07, 6.45) is 2.10. The Morgan fingerprint density at radius 1 is 1.48 bits per heavy atom. The third-order valence-electron chi connectivity index (χ3n) is 4.05. The second-order valence-corrected chi connectivity index (χ2v) is 5.50. The molecule has 2 unspecified atom stereocenters. The summed E-state index contributed by atoms with van der Waals surface area (Å²) < 4.78 is 10.8. The molecule has 2 rings (SSSR count). The summed E-state index contributed by atoms with van der Waals surface area (Å²) in [6.45, 7) is 7.89. The van der Waals surface area contributed by atoms with E-state index in [4.69, 9.17) is 9.47 Å². The van der Waals surface area contributed by atoms with Crippen molar-refractivity contribution >= 4 is 5.78 Å². The van der Waals surface area contributed by atoms with Gasteiger partial charge in [-0.15, -0.1) is 0 Å². The van der Waals surface area contributed by atoms with E-state index in [0.29, 0.717) is 19.6 Å². The molecule has 1 aromatic rings. The van der Waals surface area contributed by atoms with Gasteiger partial charge in [0.15, 0.2) is 0 Å². The van der Waals surface area contributed by atoms with Crippen molar-refractivity contribution in [2.75, 3.05) is 26.9 Å². The normalized spacial score (nSPS) is 21.5. The van der Waals surface area contributed by atoms with Crippen molar-refractivity contribution in [2.24, 2.45) is 5.92 Å². The second-order valence-electron chi connectivity index (χ2n) is 5.50. The number of likely N-dealkylation sites (N-methyl/N-ethyl adjacent to an activating group) is 1. The van der Waals surface area contributed by atoms with E-state index in [9.17, 15) is 4.79 Å². The molecule has 2 heterocycles. The molecule has 116 valence electrons. The topological polar surface area (TPSA) is 60.5 Å². The maximum Gasteiger partial charge on any atom is 0.145 e. The largest absolute Gasteiger partial charge is 0.496 e. The van der Waals surface area contributed by atoms with Crippen LogP contribution in [0.1, 0.15) is 23.7 Å². The number of ketones is 1. The molecule has 0 saturated carbocycles. The Kier molecular flexibility index (Phi) is 5.31. The number of rotatable bonds is 6. The molecule has 0 aliphatic carbocycles. The van der Waals surface area contributed by atoms with E-state index in [1.54, 1.807) is 13.3 Å². The van der Waals surface area contributed by atoms with E-state index >= 15 is 0 Å². The Morgan fingerprint density at radius 2 is 2.24 bits per heavy atom. The Hall–Kier alpha value is -1.46. The van der Waals surface area contributed by atoms with Crippen molar-refractivity contribution in [1.82, 2.24) is 10.3 Å². The van der Waals surface area contributed by atoms with E-state index in [-0.39, 0.29) is 17.7 Å². The lowest BCUT2D eigenvalue weighted by Crippen LogP contribution is -2.39. The first kappa shape index (κ1) is 15.9. The highest BCUT2D eigenvalue weighted by atomic mass is 16.5. The van der Waals surface area contributed by atoms with Crippen LogP contribution in [0.2, 0.25) is 0 Å². The fourth-order valence-corrected chi connectivity index (χ4v) is 2.88. The highest BCUT2D eigenvalue weighted by molar-refractivity contribution is 5.84. The molecular formula is C16H24N2O3. The summed E-state index contributed by atoms with van der Waals surface area (Å²) in [7, 11) is 1.65. The summed E-state index contributed by atoms with van der Waals surface area (Å²) in [6, 6.07) is 0.121. The summed E-state index contributed by atoms with van der Waals surface area (Å²) in [5.41, 5.74) is 2.73. The van der Waals surface area contributed by atoms with E-state index in [0.717, 1.165) is 29.1 Å². The van der Waals surface area contributed by atoms with Gasteiger partial charge in [-0.05, 0) is 20.4 Å². The SMILES string of the molecule is CCNC1COCC1C(=O)Cc1ncc(C)c(OC)c1C. The van der Waals surface area contributed by atoms with Crippen LogP contribution in [0.3, 0.4) is 0 Å². The van der Waals surface area contributed by atoms with E-state index in [1.165, 1.54) is 0 Å². The van der Waals surface area contributed by atoms with E-state index < -0.39 is 0 Å². The number of ether oxygens (including phenoxy) is 2. The Labute approximate surface area is 126 Å². The summed E-state index contributed by atoms with van der Waals surface area (Å²) in [5, 5.41) is 3.32. The molecule has 5 nitrogen and oxygen atoms in total. The van der Waals surface area contributed by atoms with Gasteiger partial charge in [0.25, 0.3) is 0 Å². The quantitative estimate of drug-likeness (QED) is 0.860. The Bertz CT molecular complexity index is 516. The smallest absolute Gasteiger partial charge is 0.145 e. The summed E-state index contributed by atoms with van der Waals surface area (Å²) >= 11 is 0. The van der Waals surface area contributed by atoms with Crippen LogP contribution < -0.4 is 10.1 Å². The lowest BCUT2D eigenvalue weighted by Gasteiger charge is -2.18. The number of methoxy groups -OCH3 is 1. The van der Waals surface area contributed by atoms with Crippen molar-refractivity contribution < 1.29 is 14.3 Å². The predicted octanol–water partition coefficient (Wildman–Crippen LogP) is 1.44. The zero-order chi connectivity index (χ0) is 15.4. The van der Waals surface area contributed by atoms with Gasteiger partial charge in [-0.1, -0.05) is 6.92 Å². The van der Waals surface area contributed by atoms with Gasteiger partial charge >= 0.3 is 0 Å². The molecule has 1 fully saturated rings. The molecule has 21 heavy (non-hydrogen) atoms. The van der Waals surface area contributed by atoms with Crippen molar-refractivity contribution in [3.05, 3.63) is 23.0 Å². The van der Waals surface area contributed by atoms with Crippen LogP contribution in [-0.2, 0) is 16.0 Å². The van der Waals surface area contributed by atoms with Crippen LogP contribution in [0.4, 0.5) is 0 Å². The molecule has 0 spiro atoms. The van der Waals surface area contributed by atoms with Crippen molar-refractivity contribution in [3.8, 4) is 5.75 Å². The molecule has 5 heteroatoms. The first-order valence-corrected chi connectivity index (χ1v) is 7.41. The lowest BCUT2D eigenvalue weighted by atomic mass is 9.94. The Morgan fingerprint density at radius 3 is 2.90 bits per heavy atom. The van der Waals surface area contributed by atoms with Gasteiger partial charge in [0.1, 0.15) is 11.5 Å². The van der Waals surface area contributed by atoms with Gasteiger partial charge in [0, 0.05) is 29.8 Å². The zero-order valence-electron chi connectivity index (χ0n) is 13.2. The average molecular weight is 292 g/mol. The third kappa shape index (κ3) is 3.41. The van der Waals surface area contributed by atoms with Crippen molar-refractivity contribution in [2.45, 2.75) is 33.2 Å². The minimum absolute atomic E-state index is 0.0848. The highest BCUT2D eigenvalue weighted by Gasteiger charge is 2.33. The fourth-order valence-electron chi connectivity index (χ4n) is 2.88. The van der Waals surface area contributed by atoms with Gasteiger partial charge in [0.2, 0.25) is 0 Å². The average Bonchev–Trinajstić information content (AvgIpc) is 2.91. The summed E-state index contributed by atoms with van der Waals surface area (Å²) in [4.78, 5) is 16.9. The zero-order valence-corrected chi connectivity index (χ0v) is 13.2. The standard InChI is InChI=1S/C16H24N2O3/c1-5-17-14-9-21-8-12(14)15(19)6-13-11(3)16(20-4)10(2)7-18-13/h7,12,14,17H,5-6,8-9H2,1-4H3. The maximum absolute atomic E-state index is 12.5. The van der Waals surface area contributed by atoms with Gasteiger partial charge in [0.05, 0.1) is 31.9 Å². The van der Waals surface area contributed by atoms with Crippen LogP contribution in [-0.4, -0.2) is 43.7 Å². The van der Waals surface area contributed by atoms with E-state index in [1.807, 2.05) is 20.8 Å². The molecule has 1 saturated heterocycles.